The van der Waals surface area contributed by atoms with Crippen LogP contribution in [-0.2, 0) is 4.79 Å². The maximum absolute atomic E-state index is 10.1. The van der Waals surface area contributed by atoms with Gasteiger partial charge in [0.15, 0.2) is 0 Å². The quantitative estimate of drug-likeness (QED) is 0.297. The first-order chi connectivity index (χ1) is 4.68. The van der Waals surface area contributed by atoms with Crippen LogP contribution in [0.3, 0.4) is 0 Å². The SMILES string of the molecule is C#CCNC[C@H](S)C(=O)O. The van der Waals surface area contributed by atoms with Gasteiger partial charge in [0, 0.05) is 6.54 Å². The van der Waals surface area contributed by atoms with E-state index < -0.39 is 11.2 Å². The minimum absolute atomic E-state index is 0.294. The standard InChI is InChI=1S/C6H9NO2S/c1-2-3-7-4-5(10)6(8)9/h1,5,7,10H,3-4H2,(H,8,9)/t5-/m0/s1. The summed E-state index contributed by atoms with van der Waals surface area (Å²) in [6.07, 6.45) is 4.91. The Bertz CT molecular complexity index is 152. The van der Waals surface area contributed by atoms with Crippen LogP contribution in [0.1, 0.15) is 0 Å². The average Bonchev–Trinajstić information content (AvgIpc) is 1.88. The van der Waals surface area contributed by atoms with Gasteiger partial charge in [-0.3, -0.25) is 4.79 Å². The van der Waals surface area contributed by atoms with Gasteiger partial charge in [0.05, 0.1) is 6.54 Å². The molecule has 0 radical (unpaired) electrons. The van der Waals surface area contributed by atoms with E-state index in [2.05, 4.69) is 23.9 Å². The van der Waals surface area contributed by atoms with E-state index in [1.807, 2.05) is 0 Å². The van der Waals surface area contributed by atoms with Gasteiger partial charge in [-0.1, -0.05) is 5.92 Å². The molecule has 0 heterocycles. The summed E-state index contributed by atoms with van der Waals surface area (Å²) in [6.45, 7) is 0.674. The average molecular weight is 159 g/mol. The number of rotatable bonds is 4. The van der Waals surface area contributed by atoms with Crippen LogP contribution in [0, 0.1) is 12.3 Å². The van der Waals surface area contributed by atoms with Crippen molar-refractivity contribution in [3.05, 3.63) is 0 Å². The first-order valence-corrected chi connectivity index (χ1v) is 3.25. The Morgan fingerprint density at radius 3 is 2.90 bits per heavy atom. The van der Waals surface area contributed by atoms with E-state index in [0.717, 1.165) is 0 Å². The zero-order valence-corrected chi connectivity index (χ0v) is 6.27. The first-order valence-electron chi connectivity index (χ1n) is 2.73. The molecular formula is C6H9NO2S. The number of thiol groups is 1. The van der Waals surface area contributed by atoms with E-state index in [1.54, 1.807) is 0 Å². The largest absolute Gasteiger partial charge is 0.480 e. The van der Waals surface area contributed by atoms with Gasteiger partial charge in [-0.15, -0.1) is 6.42 Å². The number of nitrogens with one attached hydrogen (secondary N) is 1. The highest BCUT2D eigenvalue weighted by atomic mass is 32.1. The molecule has 0 saturated heterocycles. The molecule has 0 saturated carbocycles. The van der Waals surface area contributed by atoms with Crippen molar-refractivity contribution in [1.29, 1.82) is 0 Å². The lowest BCUT2D eigenvalue weighted by atomic mass is 10.4. The highest BCUT2D eigenvalue weighted by molar-refractivity contribution is 7.81. The molecule has 0 rings (SSSR count). The molecule has 2 N–H and O–H groups in total. The van der Waals surface area contributed by atoms with Gasteiger partial charge in [-0.2, -0.15) is 12.6 Å². The van der Waals surface area contributed by atoms with Crippen molar-refractivity contribution >= 4 is 18.6 Å². The third-order valence-electron chi connectivity index (χ3n) is 0.850. The van der Waals surface area contributed by atoms with Crippen LogP contribution >= 0.6 is 12.6 Å². The summed E-state index contributed by atoms with van der Waals surface area (Å²) >= 11 is 3.77. The molecule has 0 fully saturated rings. The Labute approximate surface area is 65.2 Å². The molecule has 3 nitrogen and oxygen atoms in total. The lowest BCUT2D eigenvalue weighted by Gasteiger charge is -2.03. The van der Waals surface area contributed by atoms with E-state index in [9.17, 15) is 4.79 Å². The molecule has 0 aromatic carbocycles. The third kappa shape index (κ3) is 4.24. The van der Waals surface area contributed by atoms with Crippen LogP contribution < -0.4 is 5.32 Å². The van der Waals surface area contributed by atoms with Crippen molar-refractivity contribution in [3.8, 4) is 12.3 Å². The number of carboxylic acids is 1. The Morgan fingerprint density at radius 2 is 2.50 bits per heavy atom. The smallest absolute Gasteiger partial charge is 0.317 e. The molecule has 0 bridgehead atoms. The predicted octanol–water partition coefficient (Wildman–Crippen LogP) is -0.408. The third-order valence-corrected chi connectivity index (χ3v) is 1.25. The normalized spacial score (nSPS) is 12.0. The second-order valence-electron chi connectivity index (χ2n) is 1.69. The first kappa shape index (κ1) is 9.34. The fourth-order valence-electron chi connectivity index (χ4n) is 0.368. The zero-order valence-electron chi connectivity index (χ0n) is 5.37. The van der Waals surface area contributed by atoms with E-state index in [4.69, 9.17) is 11.5 Å². The number of terminal acetylenes is 1. The summed E-state index contributed by atoms with van der Waals surface area (Å²) in [4.78, 5) is 10.1. The summed E-state index contributed by atoms with van der Waals surface area (Å²) < 4.78 is 0. The van der Waals surface area contributed by atoms with Crippen LogP contribution in [0.25, 0.3) is 0 Å². The molecule has 0 spiro atoms. The molecule has 0 aromatic heterocycles. The van der Waals surface area contributed by atoms with E-state index in [0.29, 0.717) is 13.1 Å². The molecule has 10 heavy (non-hydrogen) atoms. The molecule has 56 valence electrons. The van der Waals surface area contributed by atoms with Crippen LogP contribution in [0.5, 0.6) is 0 Å². The molecule has 0 amide bonds. The lowest BCUT2D eigenvalue weighted by molar-refractivity contribution is -0.136. The van der Waals surface area contributed by atoms with Gasteiger partial charge in [0.1, 0.15) is 5.25 Å². The Hall–Kier alpha value is -0.660. The lowest BCUT2D eigenvalue weighted by Crippen LogP contribution is -2.29. The molecule has 1 atom stereocenters. The number of hydrogen-bond acceptors (Lipinski definition) is 3. The van der Waals surface area contributed by atoms with Gasteiger partial charge in [0.2, 0.25) is 0 Å². The Kier molecular flexibility index (Phi) is 4.81. The van der Waals surface area contributed by atoms with Gasteiger partial charge in [-0.25, -0.2) is 0 Å². The summed E-state index contributed by atoms with van der Waals surface area (Å²) in [6, 6.07) is 0. The zero-order chi connectivity index (χ0) is 7.98. The predicted molar refractivity (Wildman–Crippen MR) is 42.1 cm³/mol. The maximum Gasteiger partial charge on any atom is 0.317 e. The monoisotopic (exact) mass is 159 g/mol. The van der Waals surface area contributed by atoms with E-state index >= 15 is 0 Å². The fraction of sp³-hybridized carbons (Fsp3) is 0.500. The molecular weight excluding hydrogens is 150 g/mol. The Morgan fingerprint density at radius 1 is 1.90 bits per heavy atom. The topological polar surface area (TPSA) is 49.3 Å². The van der Waals surface area contributed by atoms with Crippen molar-refractivity contribution in [2.45, 2.75) is 5.25 Å². The van der Waals surface area contributed by atoms with Gasteiger partial charge >= 0.3 is 5.97 Å². The summed E-state index contributed by atoms with van der Waals surface area (Å²) in [5, 5.41) is 10.4. The molecule has 0 aromatic rings. The van der Waals surface area contributed by atoms with Crippen LogP contribution in [0.4, 0.5) is 0 Å². The van der Waals surface area contributed by atoms with Crippen LogP contribution in [0.15, 0.2) is 0 Å². The summed E-state index contributed by atoms with van der Waals surface area (Å²) in [7, 11) is 0. The molecule has 0 aliphatic carbocycles. The van der Waals surface area contributed by atoms with Crippen molar-refractivity contribution in [3.63, 3.8) is 0 Å². The minimum Gasteiger partial charge on any atom is -0.480 e. The second kappa shape index (κ2) is 5.15. The van der Waals surface area contributed by atoms with E-state index in [-0.39, 0.29) is 0 Å². The van der Waals surface area contributed by atoms with Crippen LogP contribution in [0.2, 0.25) is 0 Å². The van der Waals surface area contributed by atoms with Crippen molar-refractivity contribution in [1.82, 2.24) is 5.32 Å². The van der Waals surface area contributed by atoms with Gasteiger partial charge in [-0.05, 0) is 0 Å². The Balaban J connectivity index is 3.32. The minimum atomic E-state index is -0.937. The molecule has 4 heteroatoms. The summed E-state index contributed by atoms with van der Waals surface area (Å²) in [5.74, 6) is 1.39. The number of carboxylic acid groups (broad SMARTS) is 1. The van der Waals surface area contributed by atoms with Crippen molar-refractivity contribution in [2.75, 3.05) is 13.1 Å². The number of carbonyl (C=O) groups is 1. The number of aliphatic carboxylic acids is 1. The molecule has 0 aliphatic heterocycles. The van der Waals surface area contributed by atoms with Crippen molar-refractivity contribution in [2.24, 2.45) is 0 Å². The van der Waals surface area contributed by atoms with Gasteiger partial charge < -0.3 is 10.4 Å². The van der Waals surface area contributed by atoms with Crippen LogP contribution in [-0.4, -0.2) is 29.4 Å². The van der Waals surface area contributed by atoms with Gasteiger partial charge in [0.25, 0.3) is 0 Å². The fourth-order valence-corrected chi connectivity index (χ4v) is 0.497. The highest BCUT2D eigenvalue weighted by Crippen LogP contribution is 1.90. The van der Waals surface area contributed by atoms with E-state index in [1.165, 1.54) is 0 Å². The maximum atomic E-state index is 10.1. The second-order valence-corrected chi connectivity index (χ2v) is 2.31. The molecule has 0 aliphatic rings. The highest BCUT2D eigenvalue weighted by Gasteiger charge is 2.09. The molecule has 0 unspecified atom stereocenters. The summed E-state index contributed by atoms with van der Waals surface area (Å²) in [5.41, 5.74) is 0. The number of hydrogen-bond donors (Lipinski definition) is 3. The van der Waals surface area contributed by atoms with Crippen molar-refractivity contribution < 1.29 is 9.90 Å².